The first-order valence-electron chi connectivity index (χ1n) is 7.36. The van der Waals surface area contributed by atoms with Crippen LogP contribution in [-0.2, 0) is 5.67 Å². The molecule has 2 aromatic rings. The van der Waals surface area contributed by atoms with Crippen LogP contribution in [0.25, 0.3) is 11.1 Å². The normalized spacial score (nSPS) is 13.3. The lowest BCUT2D eigenvalue weighted by molar-refractivity contribution is -0.348. The molecule has 0 aliphatic rings. The van der Waals surface area contributed by atoms with E-state index in [9.17, 15) is 43.9 Å². The summed E-state index contributed by atoms with van der Waals surface area (Å²) in [5.74, 6) is 0. The molecule has 0 spiro atoms. The number of halogens is 11. The molecule has 1 radical (unpaired) electrons. The van der Waals surface area contributed by atoms with Gasteiger partial charge >= 0.3 is 23.5 Å². The van der Waals surface area contributed by atoms with Gasteiger partial charge in [0.1, 0.15) is 0 Å². The van der Waals surface area contributed by atoms with Crippen LogP contribution in [0, 0.1) is 17.4 Å². The van der Waals surface area contributed by atoms with Crippen molar-refractivity contribution >= 4 is 27.7 Å². The third-order valence-corrected chi connectivity index (χ3v) is 4.94. The predicted octanol–water partition coefficient (Wildman–Crippen LogP) is 7.69. The Morgan fingerprint density at radius 2 is 1.37 bits per heavy atom. The van der Waals surface area contributed by atoms with E-state index in [1.807, 2.05) is 6.07 Å². The molecule has 13 heteroatoms. The Balaban J connectivity index is 2.93. The molecule has 0 saturated carbocycles. The Labute approximate surface area is 174 Å². The molecule has 2 aromatic carbocycles. The van der Waals surface area contributed by atoms with Gasteiger partial charge in [0, 0.05) is 26.6 Å². The number of hydrogen-bond donors (Lipinski definition) is 0. The van der Waals surface area contributed by atoms with Crippen LogP contribution in [0.1, 0.15) is 11.1 Å². The zero-order chi connectivity index (χ0) is 23.1. The molecule has 2 rings (SSSR count). The number of nitriles is 1. The van der Waals surface area contributed by atoms with Gasteiger partial charge in [-0.2, -0.15) is 44.8 Å². The molecule has 0 amide bonds. The van der Waals surface area contributed by atoms with Crippen molar-refractivity contribution in [3.05, 3.63) is 52.0 Å². The van der Waals surface area contributed by atoms with Crippen molar-refractivity contribution in [2.45, 2.75) is 28.4 Å². The average molecular weight is 525 g/mol. The van der Waals surface area contributed by atoms with Crippen molar-refractivity contribution < 1.29 is 43.9 Å². The molecule has 0 saturated heterocycles. The van der Waals surface area contributed by atoms with E-state index in [4.69, 9.17) is 5.26 Å². The highest BCUT2D eigenvalue weighted by Crippen LogP contribution is 2.57. The van der Waals surface area contributed by atoms with Crippen molar-refractivity contribution in [3.8, 4) is 17.2 Å². The molecular formula is C17H5BrF10NS. The summed E-state index contributed by atoms with van der Waals surface area (Å²) in [6.45, 7) is 0. The van der Waals surface area contributed by atoms with Gasteiger partial charge < -0.3 is 0 Å². The maximum atomic E-state index is 14.8. The topological polar surface area (TPSA) is 23.8 Å². The monoisotopic (exact) mass is 524 g/mol. The summed E-state index contributed by atoms with van der Waals surface area (Å²) in [5.41, 5.74) is -14.6. The minimum absolute atomic E-state index is 0.0113. The van der Waals surface area contributed by atoms with Gasteiger partial charge in [-0.1, -0.05) is 12.1 Å². The number of thioether (sulfide) groups is 1. The predicted molar refractivity (Wildman–Crippen MR) is 89.9 cm³/mol. The standard InChI is InChI=1S/C17H5BrF10NS/c18-12-6-10(30-17(26,27)28)5-11(14(19,15(20,21)22)16(23,24)25)13(12)9-3-1-8(7-29)2-4-9/h1-5H. The fourth-order valence-corrected chi connectivity index (χ4v) is 3.81. The Morgan fingerprint density at radius 3 is 1.77 bits per heavy atom. The average Bonchev–Trinajstić information content (AvgIpc) is 2.57. The van der Waals surface area contributed by atoms with E-state index in [1.165, 1.54) is 0 Å². The highest BCUT2D eigenvalue weighted by atomic mass is 79.9. The van der Waals surface area contributed by atoms with Crippen LogP contribution in [0.3, 0.4) is 0 Å². The Hall–Kier alpha value is -1.94. The molecule has 0 aliphatic carbocycles. The van der Waals surface area contributed by atoms with E-state index in [2.05, 4.69) is 15.9 Å². The zero-order valence-electron chi connectivity index (χ0n) is 13.9. The first kappa shape index (κ1) is 24.3. The van der Waals surface area contributed by atoms with Gasteiger partial charge in [-0.3, -0.25) is 0 Å². The van der Waals surface area contributed by atoms with Gasteiger partial charge in [0.2, 0.25) is 0 Å². The largest absolute Gasteiger partial charge is 0.446 e. The van der Waals surface area contributed by atoms with Crippen LogP contribution in [0.2, 0.25) is 0 Å². The van der Waals surface area contributed by atoms with Crippen LogP contribution in [0.5, 0.6) is 0 Å². The lowest BCUT2D eigenvalue weighted by Crippen LogP contribution is -2.50. The number of benzene rings is 2. The third-order valence-electron chi connectivity index (χ3n) is 3.68. The Bertz CT molecular complexity index is 957. The maximum Gasteiger partial charge on any atom is 0.446 e. The van der Waals surface area contributed by atoms with E-state index in [0.717, 1.165) is 24.3 Å². The van der Waals surface area contributed by atoms with Gasteiger partial charge in [-0.15, -0.1) is 0 Å². The minimum atomic E-state index is -6.55. The summed E-state index contributed by atoms with van der Waals surface area (Å²) in [6, 6.07) is 7.38. The fraction of sp³-hybridized carbons (Fsp3) is 0.235. The highest BCUT2D eigenvalue weighted by Gasteiger charge is 2.74. The van der Waals surface area contributed by atoms with E-state index < -0.39 is 61.4 Å². The highest BCUT2D eigenvalue weighted by molar-refractivity contribution is 9.10. The van der Waals surface area contributed by atoms with Crippen molar-refractivity contribution in [2.75, 3.05) is 0 Å². The summed E-state index contributed by atoms with van der Waals surface area (Å²) in [5, 5.41) is 8.76. The molecule has 30 heavy (non-hydrogen) atoms. The van der Waals surface area contributed by atoms with Crippen molar-refractivity contribution in [1.82, 2.24) is 0 Å². The quantitative estimate of drug-likeness (QED) is 0.303. The summed E-state index contributed by atoms with van der Waals surface area (Å²) in [4.78, 5) is -1.21. The first-order chi connectivity index (χ1) is 13.5. The summed E-state index contributed by atoms with van der Waals surface area (Å²) < 4.78 is 132. The number of nitrogens with zero attached hydrogens (tertiary/aromatic N) is 1. The number of alkyl halides is 10. The van der Waals surface area contributed by atoms with Gasteiger partial charge in [-0.25, -0.2) is 4.39 Å². The fourth-order valence-electron chi connectivity index (χ4n) is 2.44. The Kier molecular flexibility index (Phi) is 6.45. The number of hydrogen-bond acceptors (Lipinski definition) is 2. The van der Waals surface area contributed by atoms with Crippen LogP contribution in [-0.4, -0.2) is 17.9 Å². The van der Waals surface area contributed by atoms with E-state index >= 15 is 0 Å². The van der Waals surface area contributed by atoms with E-state index in [-0.39, 0.29) is 11.6 Å². The van der Waals surface area contributed by atoms with Crippen molar-refractivity contribution in [3.63, 3.8) is 0 Å². The molecule has 0 aliphatic heterocycles. The molecule has 0 bridgehead atoms. The molecule has 0 fully saturated rings. The van der Waals surface area contributed by atoms with Gasteiger partial charge in [0.05, 0.1) is 11.6 Å². The molecule has 0 atom stereocenters. The van der Waals surface area contributed by atoms with Crippen LogP contribution in [0.4, 0.5) is 43.9 Å². The second kappa shape index (κ2) is 7.96. The van der Waals surface area contributed by atoms with Gasteiger partial charge in [-0.05, 0) is 51.5 Å². The van der Waals surface area contributed by atoms with Crippen molar-refractivity contribution in [2.24, 2.45) is 0 Å². The van der Waals surface area contributed by atoms with Crippen LogP contribution < -0.4 is 0 Å². The third kappa shape index (κ3) is 4.69. The van der Waals surface area contributed by atoms with E-state index in [0.29, 0.717) is 0 Å². The minimum Gasteiger partial charge on any atom is -0.218 e. The summed E-state index contributed by atoms with van der Waals surface area (Å²) >= 11 is 1.55. The zero-order valence-corrected chi connectivity index (χ0v) is 16.3. The lowest BCUT2D eigenvalue weighted by atomic mass is 9.87. The van der Waals surface area contributed by atoms with E-state index in [1.54, 1.807) is 6.07 Å². The Morgan fingerprint density at radius 1 is 0.867 bits per heavy atom. The molecular weight excluding hydrogens is 520 g/mol. The summed E-state index contributed by atoms with van der Waals surface area (Å²) in [6.07, 6.45) is -13.1. The molecule has 0 aromatic heterocycles. The maximum absolute atomic E-state index is 14.8. The smallest absolute Gasteiger partial charge is 0.218 e. The molecule has 1 nitrogen and oxygen atoms in total. The van der Waals surface area contributed by atoms with Gasteiger partial charge in [0.25, 0.3) is 0 Å². The molecule has 0 heterocycles. The van der Waals surface area contributed by atoms with Crippen molar-refractivity contribution in [1.29, 1.82) is 5.26 Å². The first-order valence-corrected chi connectivity index (χ1v) is 8.97. The number of rotatable bonds is 3. The molecule has 0 unspecified atom stereocenters. The molecule has 161 valence electrons. The second-order valence-electron chi connectivity index (χ2n) is 5.63. The van der Waals surface area contributed by atoms with Crippen LogP contribution in [0.15, 0.2) is 39.7 Å². The molecule has 0 N–H and O–H groups in total. The second-order valence-corrected chi connectivity index (χ2v) is 7.53. The lowest BCUT2D eigenvalue weighted by Gasteiger charge is -2.32. The summed E-state index contributed by atoms with van der Waals surface area (Å²) in [7, 11) is 0. The van der Waals surface area contributed by atoms with Gasteiger partial charge in [0.15, 0.2) is 0 Å². The SMILES string of the molecule is N#Cc1ccc(-c2c(Br)[c]c(SC(F)(F)F)cc2C(F)(C(F)(F)F)C(F)(F)F)cc1. The van der Waals surface area contributed by atoms with Crippen LogP contribution >= 0.6 is 27.7 Å².